The lowest BCUT2D eigenvalue weighted by Crippen LogP contribution is -2.36. The molecular formula is C10H12BrNO. The summed E-state index contributed by atoms with van der Waals surface area (Å²) in [5.74, 6) is 0. The first kappa shape index (κ1) is 9.03. The predicted octanol–water partition coefficient (Wildman–Crippen LogP) is 2.17. The van der Waals surface area contributed by atoms with Crippen molar-refractivity contribution in [2.24, 2.45) is 0 Å². The Morgan fingerprint density at radius 2 is 2.31 bits per heavy atom. The summed E-state index contributed by atoms with van der Waals surface area (Å²) in [4.78, 5) is 0. The first-order valence-corrected chi connectivity index (χ1v) is 5.19. The molecule has 70 valence electrons. The summed E-state index contributed by atoms with van der Waals surface area (Å²) in [5, 5.41) is 12.9. The van der Waals surface area contributed by atoms with Gasteiger partial charge in [-0.05, 0) is 24.6 Å². The zero-order chi connectivity index (χ0) is 9.42. The molecule has 0 radical (unpaired) electrons. The first-order valence-electron chi connectivity index (χ1n) is 4.40. The Kier molecular flexibility index (Phi) is 2.30. The summed E-state index contributed by atoms with van der Waals surface area (Å²) in [6.07, 6.45) is 0.477. The molecule has 2 N–H and O–H groups in total. The van der Waals surface area contributed by atoms with E-state index >= 15 is 0 Å². The van der Waals surface area contributed by atoms with Crippen molar-refractivity contribution in [3.05, 3.63) is 28.2 Å². The van der Waals surface area contributed by atoms with Crippen LogP contribution < -0.4 is 5.32 Å². The van der Waals surface area contributed by atoms with Gasteiger partial charge in [-0.3, -0.25) is 0 Å². The van der Waals surface area contributed by atoms with E-state index in [9.17, 15) is 5.11 Å². The molecular weight excluding hydrogens is 230 g/mol. The van der Waals surface area contributed by atoms with Crippen LogP contribution in [0.1, 0.15) is 12.5 Å². The van der Waals surface area contributed by atoms with Gasteiger partial charge < -0.3 is 10.4 Å². The number of aliphatic hydroxyl groups is 1. The Bertz CT molecular complexity index is 327. The van der Waals surface area contributed by atoms with E-state index in [2.05, 4.69) is 27.3 Å². The third-order valence-electron chi connectivity index (χ3n) is 2.46. The number of hydrogen-bond donors (Lipinski definition) is 2. The molecule has 0 fully saturated rings. The Hall–Kier alpha value is -0.540. The summed E-state index contributed by atoms with van der Waals surface area (Å²) in [7, 11) is 0. The predicted molar refractivity (Wildman–Crippen MR) is 56.9 cm³/mol. The fourth-order valence-electron chi connectivity index (χ4n) is 1.60. The Morgan fingerprint density at radius 1 is 1.54 bits per heavy atom. The Balaban J connectivity index is 2.37. The van der Waals surface area contributed by atoms with Gasteiger partial charge in [0.1, 0.15) is 0 Å². The van der Waals surface area contributed by atoms with Crippen LogP contribution in [0.5, 0.6) is 0 Å². The normalized spacial score (nSPS) is 26.4. The highest BCUT2D eigenvalue weighted by Gasteiger charge is 2.22. The topological polar surface area (TPSA) is 32.3 Å². The number of nitrogens with one attached hydrogen (secondary N) is 1. The maximum Gasteiger partial charge on any atom is 0.0779 e. The van der Waals surface area contributed by atoms with Gasteiger partial charge in [0.25, 0.3) is 0 Å². The fourth-order valence-corrected chi connectivity index (χ4v) is 1.97. The molecule has 2 nitrogen and oxygen atoms in total. The molecule has 1 aromatic rings. The van der Waals surface area contributed by atoms with Crippen LogP contribution in [-0.4, -0.2) is 17.3 Å². The van der Waals surface area contributed by atoms with Crippen LogP contribution in [0.25, 0.3) is 0 Å². The van der Waals surface area contributed by atoms with E-state index in [1.54, 1.807) is 0 Å². The van der Waals surface area contributed by atoms with E-state index in [1.807, 2.05) is 19.1 Å². The minimum absolute atomic E-state index is 0.141. The van der Waals surface area contributed by atoms with Crippen molar-refractivity contribution < 1.29 is 5.11 Å². The van der Waals surface area contributed by atoms with E-state index < -0.39 is 0 Å². The second kappa shape index (κ2) is 3.31. The van der Waals surface area contributed by atoms with Crippen molar-refractivity contribution in [2.45, 2.75) is 25.5 Å². The van der Waals surface area contributed by atoms with E-state index in [1.165, 1.54) is 5.56 Å². The van der Waals surface area contributed by atoms with Crippen molar-refractivity contribution in [3.8, 4) is 0 Å². The van der Waals surface area contributed by atoms with E-state index in [0.717, 1.165) is 16.6 Å². The lowest BCUT2D eigenvalue weighted by Gasteiger charge is -2.29. The van der Waals surface area contributed by atoms with Gasteiger partial charge in [0, 0.05) is 22.6 Å². The number of benzene rings is 1. The van der Waals surface area contributed by atoms with Gasteiger partial charge in [-0.25, -0.2) is 0 Å². The van der Waals surface area contributed by atoms with Crippen molar-refractivity contribution in [3.63, 3.8) is 0 Å². The molecule has 0 amide bonds. The maximum absolute atomic E-state index is 9.62. The molecule has 13 heavy (non-hydrogen) atoms. The molecule has 1 aliphatic heterocycles. The number of anilines is 1. The molecule has 0 spiro atoms. The molecule has 0 saturated carbocycles. The van der Waals surface area contributed by atoms with Gasteiger partial charge in [0.05, 0.1) is 6.10 Å². The van der Waals surface area contributed by atoms with Crippen LogP contribution in [0.2, 0.25) is 0 Å². The third-order valence-corrected chi connectivity index (χ3v) is 2.95. The van der Waals surface area contributed by atoms with Crippen LogP contribution in [0.4, 0.5) is 5.69 Å². The molecule has 0 bridgehead atoms. The molecule has 0 aromatic heterocycles. The highest BCUT2D eigenvalue weighted by Crippen LogP contribution is 2.27. The van der Waals surface area contributed by atoms with Gasteiger partial charge in [0.15, 0.2) is 0 Å². The molecule has 0 aliphatic carbocycles. The monoisotopic (exact) mass is 241 g/mol. The van der Waals surface area contributed by atoms with Crippen molar-refractivity contribution in [1.82, 2.24) is 0 Å². The van der Waals surface area contributed by atoms with Gasteiger partial charge in [-0.2, -0.15) is 0 Å². The van der Waals surface area contributed by atoms with Crippen molar-refractivity contribution in [2.75, 3.05) is 5.32 Å². The van der Waals surface area contributed by atoms with Gasteiger partial charge >= 0.3 is 0 Å². The summed E-state index contributed by atoms with van der Waals surface area (Å²) in [6.45, 7) is 1.99. The number of hydrogen-bond acceptors (Lipinski definition) is 2. The van der Waals surface area contributed by atoms with E-state index in [4.69, 9.17) is 0 Å². The zero-order valence-electron chi connectivity index (χ0n) is 7.42. The third kappa shape index (κ3) is 1.71. The minimum Gasteiger partial charge on any atom is -0.391 e. The largest absolute Gasteiger partial charge is 0.391 e. The zero-order valence-corrected chi connectivity index (χ0v) is 9.01. The van der Waals surface area contributed by atoms with Gasteiger partial charge in [-0.15, -0.1) is 0 Å². The smallest absolute Gasteiger partial charge is 0.0779 e. The van der Waals surface area contributed by atoms with Crippen LogP contribution >= 0.6 is 15.9 Å². The van der Waals surface area contributed by atoms with E-state index in [-0.39, 0.29) is 12.1 Å². The van der Waals surface area contributed by atoms with Gasteiger partial charge in [-0.1, -0.05) is 22.0 Å². The van der Waals surface area contributed by atoms with Crippen molar-refractivity contribution in [1.29, 1.82) is 0 Å². The van der Waals surface area contributed by atoms with Crippen LogP contribution in [0, 0.1) is 0 Å². The molecule has 1 aromatic carbocycles. The SMILES string of the molecule is CC1Nc2cc(Br)ccc2CC1O. The number of fused-ring (bicyclic) bond motifs is 1. The van der Waals surface area contributed by atoms with Crippen molar-refractivity contribution >= 4 is 21.6 Å². The second-order valence-electron chi connectivity index (χ2n) is 3.51. The standard InChI is InChI=1S/C10H12BrNO/c1-6-10(13)4-7-2-3-8(11)5-9(7)12-6/h2-3,5-6,10,12-13H,4H2,1H3. The van der Waals surface area contributed by atoms with Crippen LogP contribution in [-0.2, 0) is 6.42 Å². The second-order valence-corrected chi connectivity index (χ2v) is 4.42. The quantitative estimate of drug-likeness (QED) is 0.730. The number of aliphatic hydroxyl groups excluding tert-OH is 1. The minimum atomic E-state index is -0.270. The maximum atomic E-state index is 9.62. The molecule has 2 rings (SSSR count). The lowest BCUT2D eigenvalue weighted by atomic mass is 9.96. The highest BCUT2D eigenvalue weighted by molar-refractivity contribution is 9.10. The molecule has 3 heteroatoms. The molecule has 0 saturated heterocycles. The summed E-state index contributed by atoms with van der Waals surface area (Å²) >= 11 is 3.42. The molecule has 2 unspecified atom stereocenters. The summed E-state index contributed by atoms with van der Waals surface area (Å²) < 4.78 is 1.07. The number of rotatable bonds is 0. The van der Waals surface area contributed by atoms with Crippen LogP contribution in [0.15, 0.2) is 22.7 Å². The lowest BCUT2D eigenvalue weighted by molar-refractivity contribution is 0.154. The Labute approximate surface area is 86.1 Å². The number of halogens is 1. The van der Waals surface area contributed by atoms with Crippen LogP contribution in [0.3, 0.4) is 0 Å². The summed E-state index contributed by atoms with van der Waals surface area (Å²) in [5.41, 5.74) is 2.32. The average molecular weight is 242 g/mol. The van der Waals surface area contributed by atoms with Gasteiger partial charge in [0.2, 0.25) is 0 Å². The first-order chi connectivity index (χ1) is 6.16. The Morgan fingerprint density at radius 3 is 3.08 bits per heavy atom. The molecule has 1 heterocycles. The highest BCUT2D eigenvalue weighted by atomic mass is 79.9. The summed E-state index contributed by atoms with van der Waals surface area (Å²) in [6, 6.07) is 6.24. The molecule has 2 atom stereocenters. The molecule has 1 aliphatic rings. The van der Waals surface area contributed by atoms with E-state index in [0.29, 0.717) is 0 Å². The fraction of sp³-hybridized carbons (Fsp3) is 0.400. The average Bonchev–Trinajstić information content (AvgIpc) is 2.08.